The number of carbonyl (C=O) groups is 4. The number of imide groups is 2. The molecule has 2 rings (SSSR count). The van der Waals surface area contributed by atoms with E-state index in [9.17, 15) is 19.2 Å². The smallest absolute Gasteiger partial charge is 0.335 e. The van der Waals surface area contributed by atoms with Crippen molar-refractivity contribution in [3.05, 3.63) is 48.6 Å². The fourth-order valence-corrected chi connectivity index (χ4v) is 2.24. The molecular weight excluding hydrogens is 298 g/mol. The number of carbonyl (C=O) groups excluding carboxylic acids is 4. The average Bonchev–Trinajstić information content (AvgIpc) is 2.74. The lowest BCUT2D eigenvalue weighted by atomic mass is 10.1. The molecule has 1 aromatic rings. The van der Waals surface area contributed by atoms with Gasteiger partial charge in [-0.3, -0.25) is 19.3 Å². The van der Waals surface area contributed by atoms with Gasteiger partial charge in [-0.15, -0.1) is 6.58 Å². The molecule has 1 aromatic carbocycles. The Kier molecular flexibility index (Phi) is 4.90. The number of rotatable bonds is 6. The van der Waals surface area contributed by atoms with E-state index in [1.807, 2.05) is 30.3 Å². The number of benzene rings is 1. The van der Waals surface area contributed by atoms with Crippen molar-refractivity contribution in [3.63, 3.8) is 0 Å². The minimum Gasteiger partial charge on any atom is -0.348 e. The number of hydrogen-bond donors (Lipinski definition) is 1. The van der Waals surface area contributed by atoms with Gasteiger partial charge in [0.15, 0.2) is 0 Å². The van der Waals surface area contributed by atoms with Gasteiger partial charge in [0.05, 0.1) is 6.04 Å². The van der Waals surface area contributed by atoms with Crippen LogP contribution in [0, 0.1) is 0 Å². The molecule has 0 radical (unpaired) electrons. The molecule has 1 heterocycles. The van der Waals surface area contributed by atoms with Crippen molar-refractivity contribution in [1.82, 2.24) is 15.1 Å². The first-order chi connectivity index (χ1) is 11.0. The predicted molar refractivity (Wildman–Crippen MR) is 82.0 cm³/mol. The maximum atomic E-state index is 12.0. The highest BCUT2D eigenvalue weighted by Crippen LogP contribution is 2.13. The zero-order chi connectivity index (χ0) is 17.0. The highest BCUT2D eigenvalue weighted by Gasteiger charge is 2.44. The van der Waals surface area contributed by atoms with E-state index in [1.165, 1.54) is 6.08 Å². The molecule has 23 heavy (non-hydrogen) atoms. The first-order valence-corrected chi connectivity index (χ1v) is 7.08. The van der Waals surface area contributed by atoms with Gasteiger partial charge in [-0.2, -0.15) is 0 Å². The molecule has 1 aliphatic rings. The number of amides is 5. The average molecular weight is 315 g/mol. The van der Waals surface area contributed by atoms with Crippen LogP contribution in [0.15, 0.2) is 43.0 Å². The van der Waals surface area contributed by atoms with Gasteiger partial charge in [0.25, 0.3) is 0 Å². The second-order valence-corrected chi connectivity index (χ2v) is 5.08. The SMILES string of the molecule is C=CCN1C(=O)C(=O)N(CC(=O)N[C@@H](C)c2ccccc2)C1=O. The molecule has 1 saturated heterocycles. The lowest BCUT2D eigenvalue weighted by molar-refractivity contribution is -0.143. The third-order valence-corrected chi connectivity index (χ3v) is 3.43. The van der Waals surface area contributed by atoms with Crippen LogP contribution in [0.4, 0.5) is 4.79 Å². The van der Waals surface area contributed by atoms with Crippen LogP contribution in [-0.4, -0.2) is 46.6 Å². The summed E-state index contributed by atoms with van der Waals surface area (Å²) in [4.78, 5) is 48.9. The topological polar surface area (TPSA) is 86.8 Å². The van der Waals surface area contributed by atoms with E-state index >= 15 is 0 Å². The summed E-state index contributed by atoms with van der Waals surface area (Å²) in [5, 5.41) is 2.69. The van der Waals surface area contributed by atoms with E-state index in [2.05, 4.69) is 11.9 Å². The normalized spacial score (nSPS) is 15.8. The van der Waals surface area contributed by atoms with Crippen LogP contribution in [0.25, 0.3) is 0 Å². The molecule has 7 heteroatoms. The molecule has 0 unspecified atom stereocenters. The minimum atomic E-state index is -1.00. The second kappa shape index (κ2) is 6.87. The zero-order valence-electron chi connectivity index (χ0n) is 12.7. The maximum Gasteiger partial charge on any atom is 0.335 e. The Morgan fingerprint density at radius 1 is 1.17 bits per heavy atom. The van der Waals surface area contributed by atoms with Gasteiger partial charge in [0, 0.05) is 6.54 Å². The Bertz CT molecular complexity index is 657. The molecule has 0 spiro atoms. The van der Waals surface area contributed by atoms with Crippen LogP contribution in [0.5, 0.6) is 0 Å². The number of urea groups is 1. The standard InChI is InChI=1S/C16H17N3O4/c1-3-9-18-14(21)15(22)19(16(18)23)10-13(20)17-11(2)12-7-5-4-6-8-12/h3-8,11H,1,9-10H2,2H3,(H,17,20)/t11-/m0/s1. The van der Waals surface area contributed by atoms with Crippen molar-refractivity contribution in [1.29, 1.82) is 0 Å². The Hall–Kier alpha value is -2.96. The van der Waals surface area contributed by atoms with Gasteiger partial charge in [0.2, 0.25) is 5.91 Å². The molecule has 1 aliphatic heterocycles. The van der Waals surface area contributed by atoms with Crippen molar-refractivity contribution in [2.45, 2.75) is 13.0 Å². The summed E-state index contributed by atoms with van der Waals surface area (Å²) < 4.78 is 0. The highest BCUT2D eigenvalue weighted by molar-refractivity contribution is 6.45. The van der Waals surface area contributed by atoms with Gasteiger partial charge in [-0.25, -0.2) is 9.69 Å². The zero-order valence-corrected chi connectivity index (χ0v) is 12.7. The second-order valence-electron chi connectivity index (χ2n) is 5.08. The lowest BCUT2D eigenvalue weighted by Crippen LogP contribution is -2.42. The summed E-state index contributed by atoms with van der Waals surface area (Å²) in [5.74, 6) is -2.46. The van der Waals surface area contributed by atoms with Gasteiger partial charge in [-0.1, -0.05) is 36.4 Å². The molecule has 7 nitrogen and oxygen atoms in total. The van der Waals surface area contributed by atoms with Crippen LogP contribution >= 0.6 is 0 Å². The summed E-state index contributed by atoms with van der Waals surface area (Å²) in [6.45, 7) is 4.65. The van der Waals surface area contributed by atoms with E-state index in [1.54, 1.807) is 6.92 Å². The largest absolute Gasteiger partial charge is 0.348 e. The summed E-state index contributed by atoms with van der Waals surface area (Å²) in [5.41, 5.74) is 0.893. The first-order valence-electron chi connectivity index (χ1n) is 7.08. The van der Waals surface area contributed by atoms with E-state index in [-0.39, 0.29) is 12.6 Å². The Labute approximate surface area is 133 Å². The fraction of sp³-hybridized carbons (Fsp3) is 0.250. The van der Waals surface area contributed by atoms with E-state index in [4.69, 9.17) is 0 Å². The van der Waals surface area contributed by atoms with Crippen LogP contribution in [-0.2, 0) is 14.4 Å². The predicted octanol–water partition coefficient (Wildman–Crippen LogP) is 0.841. The van der Waals surface area contributed by atoms with Crippen LogP contribution in [0.2, 0.25) is 0 Å². The summed E-state index contributed by atoms with van der Waals surface area (Å²) in [6.07, 6.45) is 1.34. The molecule has 0 saturated carbocycles. The van der Waals surface area contributed by atoms with E-state index < -0.39 is 30.3 Å². The van der Waals surface area contributed by atoms with Crippen LogP contribution in [0.3, 0.4) is 0 Å². The van der Waals surface area contributed by atoms with Gasteiger partial charge in [0.1, 0.15) is 6.54 Å². The third kappa shape index (κ3) is 3.45. The van der Waals surface area contributed by atoms with Crippen molar-refractivity contribution >= 4 is 23.8 Å². The summed E-state index contributed by atoms with van der Waals surface area (Å²) >= 11 is 0. The summed E-state index contributed by atoms with van der Waals surface area (Å²) in [7, 11) is 0. The Morgan fingerprint density at radius 3 is 2.39 bits per heavy atom. The Balaban J connectivity index is 2.00. The van der Waals surface area contributed by atoms with Crippen molar-refractivity contribution < 1.29 is 19.2 Å². The van der Waals surface area contributed by atoms with Gasteiger partial charge in [-0.05, 0) is 12.5 Å². The number of hydrogen-bond acceptors (Lipinski definition) is 4. The Morgan fingerprint density at radius 2 is 1.78 bits per heavy atom. The minimum absolute atomic E-state index is 0.0675. The lowest BCUT2D eigenvalue weighted by Gasteiger charge is -2.17. The molecule has 1 fully saturated rings. The van der Waals surface area contributed by atoms with Gasteiger partial charge >= 0.3 is 17.8 Å². The van der Waals surface area contributed by atoms with Crippen LogP contribution < -0.4 is 5.32 Å². The van der Waals surface area contributed by atoms with E-state index in [0.29, 0.717) is 4.90 Å². The quantitative estimate of drug-likeness (QED) is 0.479. The van der Waals surface area contributed by atoms with Crippen molar-refractivity contribution in [3.8, 4) is 0 Å². The third-order valence-electron chi connectivity index (χ3n) is 3.43. The number of nitrogens with zero attached hydrogens (tertiary/aromatic N) is 2. The molecule has 5 amide bonds. The first kappa shape index (κ1) is 16.4. The molecule has 1 N–H and O–H groups in total. The fourth-order valence-electron chi connectivity index (χ4n) is 2.24. The number of nitrogens with one attached hydrogen (secondary N) is 1. The highest BCUT2D eigenvalue weighted by atomic mass is 16.2. The van der Waals surface area contributed by atoms with Crippen molar-refractivity contribution in [2.24, 2.45) is 0 Å². The summed E-state index contributed by atoms with van der Waals surface area (Å²) in [6, 6.07) is 8.17. The molecule has 1 atom stereocenters. The molecule has 0 aliphatic carbocycles. The molecular formula is C16H17N3O4. The van der Waals surface area contributed by atoms with Crippen LogP contribution in [0.1, 0.15) is 18.5 Å². The molecule has 0 aromatic heterocycles. The molecule has 0 bridgehead atoms. The van der Waals surface area contributed by atoms with Crippen molar-refractivity contribution in [2.75, 3.05) is 13.1 Å². The van der Waals surface area contributed by atoms with E-state index in [0.717, 1.165) is 10.5 Å². The van der Waals surface area contributed by atoms with Gasteiger partial charge < -0.3 is 5.32 Å². The molecule has 120 valence electrons. The maximum absolute atomic E-state index is 12.0. The monoisotopic (exact) mass is 315 g/mol.